The number of ether oxygens (including phenoxy) is 1. The van der Waals surface area contributed by atoms with E-state index in [9.17, 15) is 19.1 Å². The van der Waals surface area contributed by atoms with Crippen molar-refractivity contribution in [3.63, 3.8) is 0 Å². The van der Waals surface area contributed by atoms with Gasteiger partial charge in [-0.1, -0.05) is 32.0 Å². The first-order valence-corrected chi connectivity index (χ1v) is 7.74. The van der Waals surface area contributed by atoms with Gasteiger partial charge in [-0.05, 0) is 24.8 Å². The summed E-state index contributed by atoms with van der Waals surface area (Å²) in [6.07, 6.45) is -1.34. The fraction of sp³-hybridized carbons (Fsp3) is 0.529. The summed E-state index contributed by atoms with van der Waals surface area (Å²) in [5.74, 6) is -1.80. The summed E-state index contributed by atoms with van der Waals surface area (Å²) < 4.78 is 19.5. The van der Waals surface area contributed by atoms with Crippen molar-refractivity contribution in [2.75, 3.05) is 6.61 Å². The van der Waals surface area contributed by atoms with Gasteiger partial charge in [0, 0.05) is 17.5 Å². The van der Waals surface area contributed by atoms with E-state index >= 15 is 0 Å². The van der Waals surface area contributed by atoms with E-state index < -0.39 is 30.0 Å². The summed E-state index contributed by atoms with van der Waals surface area (Å²) in [5.41, 5.74) is 0.566. The Hall–Kier alpha value is -1.11. The van der Waals surface area contributed by atoms with E-state index in [1.807, 2.05) is 13.8 Å². The summed E-state index contributed by atoms with van der Waals surface area (Å²) >= 11 is 0. The van der Waals surface area contributed by atoms with E-state index in [2.05, 4.69) is 5.32 Å². The van der Waals surface area contributed by atoms with Crippen LogP contribution in [0.15, 0.2) is 24.3 Å². The third kappa shape index (κ3) is 5.46. The maximum atomic E-state index is 14.2. The van der Waals surface area contributed by atoms with E-state index in [0.717, 1.165) is 0 Å². The van der Waals surface area contributed by atoms with E-state index in [1.54, 1.807) is 24.3 Å². The van der Waals surface area contributed by atoms with Crippen molar-refractivity contribution in [1.29, 1.82) is 0 Å². The molecule has 3 unspecified atom stereocenters. The first kappa shape index (κ1) is 20.9. The zero-order valence-corrected chi connectivity index (χ0v) is 16.3. The van der Waals surface area contributed by atoms with Gasteiger partial charge in [-0.15, -0.1) is 0 Å². The molecule has 1 heterocycles. The molecule has 0 saturated carbocycles. The molecule has 2 rings (SSSR count). The van der Waals surface area contributed by atoms with Crippen molar-refractivity contribution in [3.05, 3.63) is 29.8 Å². The summed E-state index contributed by atoms with van der Waals surface area (Å²) in [6.45, 7) is 3.66. The third-order valence-electron chi connectivity index (χ3n) is 3.85. The number of hydrogen-bond donors (Lipinski definition) is 1. The molecule has 1 aromatic rings. The average Bonchev–Trinajstić information content (AvgIpc) is 2.48. The van der Waals surface area contributed by atoms with E-state index in [-0.39, 0.29) is 48.5 Å². The average molecular weight is 345 g/mol. The second-order valence-corrected chi connectivity index (χ2v) is 6.25. The maximum absolute atomic E-state index is 14.2. The second-order valence-electron chi connectivity index (χ2n) is 6.25. The quantitative estimate of drug-likeness (QED) is 0.629. The van der Waals surface area contributed by atoms with Crippen LogP contribution in [0.1, 0.15) is 38.3 Å². The molecule has 0 bridgehead atoms. The van der Waals surface area contributed by atoms with Gasteiger partial charge >= 0.3 is 29.6 Å². The molecule has 0 saturated heterocycles. The van der Waals surface area contributed by atoms with E-state index in [0.29, 0.717) is 17.7 Å². The fourth-order valence-corrected chi connectivity index (χ4v) is 2.82. The van der Waals surface area contributed by atoms with Crippen molar-refractivity contribution >= 4 is 11.9 Å². The van der Waals surface area contributed by atoms with Gasteiger partial charge in [-0.25, -0.2) is 4.39 Å². The van der Waals surface area contributed by atoms with Crippen molar-refractivity contribution in [1.82, 2.24) is 5.32 Å². The zero-order chi connectivity index (χ0) is 17.0. The van der Waals surface area contributed by atoms with Crippen LogP contribution in [0.2, 0.25) is 0 Å². The molecule has 1 amide bonds. The van der Waals surface area contributed by atoms with Gasteiger partial charge in [-0.2, -0.15) is 0 Å². The van der Waals surface area contributed by atoms with Gasteiger partial charge in [-0.3, -0.25) is 4.79 Å². The number of nitrogens with one attached hydrogen (secondary N) is 1. The molecule has 1 aliphatic heterocycles. The fourth-order valence-electron chi connectivity index (χ4n) is 2.82. The summed E-state index contributed by atoms with van der Waals surface area (Å²) in [4.78, 5) is 23.3. The van der Waals surface area contributed by atoms with Crippen LogP contribution in [-0.4, -0.2) is 24.7 Å². The molecular formula is C17H21FNNaO4. The van der Waals surface area contributed by atoms with Crippen LogP contribution in [0.25, 0.3) is 0 Å². The molecule has 0 spiro atoms. The Morgan fingerprint density at radius 3 is 2.67 bits per heavy atom. The number of halogens is 1. The number of carboxylic acids is 1. The van der Waals surface area contributed by atoms with Crippen molar-refractivity contribution in [2.45, 2.75) is 38.9 Å². The van der Waals surface area contributed by atoms with Crippen molar-refractivity contribution in [3.8, 4) is 5.75 Å². The first-order chi connectivity index (χ1) is 10.9. The summed E-state index contributed by atoms with van der Waals surface area (Å²) in [6, 6.07) is 6.10. The number of alkyl halides is 1. The molecule has 5 nitrogen and oxygen atoms in total. The third-order valence-corrected chi connectivity index (χ3v) is 3.85. The number of para-hydroxylation sites is 1. The Bertz CT molecular complexity index is 581. The SMILES string of the molecule is CC(C)CC(CC(=O)[O-])C(=O)NC1c2ccccc2OCC1F.[Na+]. The van der Waals surface area contributed by atoms with Crippen LogP contribution in [0, 0.1) is 11.8 Å². The van der Waals surface area contributed by atoms with Gasteiger partial charge in [0.1, 0.15) is 12.4 Å². The largest absolute Gasteiger partial charge is 1.00 e. The number of benzene rings is 1. The number of carbonyl (C=O) groups excluding carboxylic acids is 2. The van der Waals surface area contributed by atoms with Crippen LogP contribution >= 0.6 is 0 Å². The van der Waals surface area contributed by atoms with Crippen LogP contribution in [0.3, 0.4) is 0 Å². The molecule has 1 N–H and O–H groups in total. The molecule has 0 radical (unpaired) electrons. The van der Waals surface area contributed by atoms with Gasteiger partial charge < -0.3 is 20.0 Å². The molecule has 0 aromatic heterocycles. The second kappa shape index (κ2) is 9.39. The predicted molar refractivity (Wildman–Crippen MR) is 80.3 cm³/mol. The Labute approximate surface area is 163 Å². The minimum atomic E-state index is -1.38. The van der Waals surface area contributed by atoms with Gasteiger partial charge in [0.15, 0.2) is 6.17 Å². The van der Waals surface area contributed by atoms with Crippen LogP contribution in [-0.2, 0) is 9.59 Å². The molecule has 7 heteroatoms. The Balaban J connectivity index is 0.00000288. The summed E-state index contributed by atoms with van der Waals surface area (Å²) in [7, 11) is 0. The topological polar surface area (TPSA) is 78.5 Å². The smallest absolute Gasteiger partial charge is 0.550 e. The number of fused-ring (bicyclic) bond motifs is 1. The first-order valence-electron chi connectivity index (χ1n) is 7.74. The number of hydrogen-bond acceptors (Lipinski definition) is 4. The molecule has 1 aliphatic rings. The molecule has 24 heavy (non-hydrogen) atoms. The van der Waals surface area contributed by atoms with E-state index in [1.165, 1.54) is 0 Å². The monoisotopic (exact) mass is 345 g/mol. The number of carbonyl (C=O) groups is 2. The Morgan fingerprint density at radius 1 is 1.38 bits per heavy atom. The molecule has 0 aliphatic carbocycles. The van der Waals surface area contributed by atoms with Gasteiger partial charge in [0.05, 0.1) is 6.04 Å². The molecule has 1 aromatic carbocycles. The number of amides is 1. The normalized spacial score (nSPS) is 20.3. The number of rotatable bonds is 6. The van der Waals surface area contributed by atoms with Crippen LogP contribution < -0.4 is 44.7 Å². The zero-order valence-electron chi connectivity index (χ0n) is 14.3. The molecule has 3 atom stereocenters. The predicted octanol–water partition coefficient (Wildman–Crippen LogP) is -1.62. The van der Waals surface area contributed by atoms with Gasteiger partial charge in [0.25, 0.3) is 0 Å². The van der Waals surface area contributed by atoms with Crippen molar-refractivity contribution < 1.29 is 53.4 Å². The maximum Gasteiger partial charge on any atom is 1.00 e. The number of carboxylic acid groups (broad SMARTS) is 1. The number of aliphatic carboxylic acids is 1. The summed E-state index contributed by atoms with van der Waals surface area (Å²) in [5, 5.41) is 13.5. The molecule has 0 fully saturated rings. The minimum absolute atomic E-state index is 0. The van der Waals surface area contributed by atoms with Crippen LogP contribution in [0.4, 0.5) is 4.39 Å². The molecule has 126 valence electrons. The van der Waals surface area contributed by atoms with Gasteiger partial charge in [0.2, 0.25) is 5.91 Å². The Morgan fingerprint density at radius 2 is 2.04 bits per heavy atom. The minimum Gasteiger partial charge on any atom is -0.550 e. The van der Waals surface area contributed by atoms with E-state index in [4.69, 9.17) is 4.74 Å². The Kier molecular flexibility index (Phi) is 8.19. The standard InChI is InChI=1S/C17H22FNO4.Na/c1-10(2)7-11(8-15(20)21)17(22)19-16-12-5-3-4-6-14(12)23-9-13(16)18;/h3-6,10-11,13,16H,7-9H2,1-2H3,(H,19,22)(H,20,21);/q;+1/p-1. The molecular weight excluding hydrogens is 324 g/mol. The van der Waals surface area contributed by atoms with Crippen LogP contribution in [0.5, 0.6) is 5.75 Å². The van der Waals surface area contributed by atoms with Crippen molar-refractivity contribution in [2.24, 2.45) is 11.8 Å².